The van der Waals surface area contributed by atoms with E-state index >= 15 is 0 Å². The van der Waals surface area contributed by atoms with Gasteiger partial charge in [-0.25, -0.2) is 4.79 Å². The topological polar surface area (TPSA) is 86.5 Å². The second-order valence-electron chi connectivity index (χ2n) is 2.99. The van der Waals surface area contributed by atoms with Gasteiger partial charge in [-0.1, -0.05) is 0 Å². The Morgan fingerprint density at radius 1 is 1.59 bits per heavy atom. The van der Waals surface area contributed by atoms with Gasteiger partial charge in [0.2, 0.25) is 0 Å². The van der Waals surface area contributed by atoms with E-state index in [1.807, 2.05) is 0 Å². The van der Waals surface area contributed by atoms with E-state index in [0.717, 1.165) is 12.1 Å². The molecule has 0 radical (unpaired) electrons. The number of non-ortho nitro benzene ring substituents is 1. The number of rotatable bonds is 4. The van der Waals surface area contributed by atoms with Crippen molar-refractivity contribution in [2.24, 2.45) is 0 Å². The fourth-order valence-electron chi connectivity index (χ4n) is 1.23. The average molecular weight is 302 g/mol. The van der Waals surface area contributed by atoms with Gasteiger partial charge in [0.05, 0.1) is 17.1 Å². The number of hydrogen-bond donors (Lipinski definition) is 0. The normalized spacial score (nSPS) is 9.76. The molecule has 0 N–H and O–H groups in total. The van der Waals surface area contributed by atoms with Crippen LogP contribution >= 0.6 is 15.9 Å². The predicted molar refractivity (Wildman–Crippen MR) is 62.1 cm³/mol. The first-order valence-corrected chi connectivity index (χ1v) is 5.40. The van der Waals surface area contributed by atoms with E-state index in [2.05, 4.69) is 15.9 Å². The first-order chi connectivity index (χ1) is 8.01. The molecule has 0 saturated heterocycles. The summed E-state index contributed by atoms with van der Waals surface area (Å²) < 4.78 is 4.91. The summed E-state index contributed by atoms with van der Waals surface area (Å²) in [6.07, 6.45) is 0.379. The van der Waals surface area contributed by atoms with Gasteiger partial charge in [-0.2, -0.15) is 0 Å². The van der Waals surface area contributed by atoms with E-state index in [-0.39, 0.29) is 27.9 Å². The van der Waals surface area contributed by atoms with Crippen LogP contribution in [-0.2, 0) is 4.74 Å². The van der Waals surface area contributed by atoms with Crippen LogP contribution in [0, 0.1) is 10.1 Å². The van der Waals surface area contributed by atoms with E-state index in [0.29, 0.717) is 6.29 Å². The summed E-state index contributed by atoms with van der Waals surface area (Å²) in [6, 6.07) is 2.18. The zero-order chi connectivity index (χ0) is 13.0. The Morgan fingerprint density at radius 2 is 2.24 bits per heavy atom. The highest BCUT2D eigenvalue weighted by Crippen LogP contribution is 2.27. The van der Waals surface area contributed by atoms with E-state index in [4.69, 9.17) is 4.74 Å². The van der Waals surface area contributed by atoms with E-state index in [9.17, 15) is 19.7 Å². The van der Waals surface area contributed by atoms with Crippen molar-refractivity contribution in [1.82, 2.24) is 0 Å². The first-order valence-electron chi connectivity index (χ1n) is 4.61. The van der Waals surface area contributed by atoms with Gasteiger partial charge in [-0.15, -0.1) is 0 Å². The third-order valence-electron chi connectivity index (χ3n) is 1.92. The molecule has 0 spiro atoms. The van der Waals surface area contributed by atoms with E-state index in [1.54, 1.807) is 6.92 Å². The second kappa shape index (κ2) is 5.53. The highest BCUT2D eigenvalue weighted by Gasteiger charge is 2.21. The molecule has 0 aliphatic rings. The van der Waals surface area contributed by atoms with Gasteiger partial charge in [-0.05, 0) is 22.9 Å². The summed E-state index contributed by atoms with van der Waals surface area (Å²) in [5.41, 5.74) is -0.357. The molecule has 1 rings (SSSR count). The van der Waals surface area contributed by atoms with Crippen molar-refractivity contribution in [2.75, 3.05) is 6.61 Å². The zero-order valence-corrected chi connectivity index (χ0v) is 10.4. The predicted octanol–water partition coefficient (Wildman–Crippen LogP) is 2.35. The summed E-state index contributed by atoms with van der Waals surface area (Å²) in [5.74, 6) is -0.698. The van der Waals surface area contributed by atoms with E-state index < -0.39 is 10.9 Å². The molecule has 0 atom stereocenters. The van der Waals surface area contributed by atoms with Gasteiger partial charge < -0.3 is 4.74 Å². The number of carbonyl (C=O) groups excluding carboxylic acids is 2. The van der Waals surface area contributed by atoms with Crippen LogP contribution in [0.15, 0.2) is 16.6 Å². The molecule has 90 valence electrons. The number of benzene rings is 1. The van der Waals surface area contributed by atoms with Gasteiger partial charge >= 0.3 is 5.97 Å². The Kier molecular flexibility index (Phi) is 4.33. The number of halogens is 1. The molecule has 0 fully saturated rings. The molecular formula is C10H8BrNO5. The maximum Gasteiger partial charge on any atom is 0.340 e. The number of nitrogens with zero attached hydrogens (tertiary/aromatic N) is 1. The number of hydrogen-bond acceptors (Lipinski definition) is 5. The lowest BCUT2D eigenvalue weighted by molar-refractivity contribution is -0.384. The molecule has 1 aromatic rings. The molecule has 0 bridgehead atoms. The van der Waals surface area contributed by atoms with Crippen LogP contribution in [0.25, 0.3) is 0 Å². The SMILES string of the molecule is CCOC(=O)c1c(Br)cc([N+](=O)[O-])cc1C=O. The van der Waals surface area contributed by atoms with Gasteiger partial charge in [0.25, 0.3) is 5.69 Å². The van der Waals surface area contributed by atoms with Crippen molar-refractivity contribution < 1.29 is 19.2 Å². The molecule has 0 amide bonds. The summed E-state index contributed by atoms with van der Waals surface area (Å²) in [4.78, 5) is 32.3. The van der Waals surface area contributed by atoms with Crippen LogP contribution in [0.1, 0.15) is 27.6 Å². The second-order valence-corrected chi connectivity index (χ2v) is 3.84. The Labute approximate surface area is 105 Å². The number of aldehydes is 1. The number of esters is 1. The lowest BCUT2D eigenvalue weighted by atomic mass is 10.1. The molecule has 17 heavy (non-hydrogen) atoms. The summed E-state index contributed by atoms with van der Waals surface area (Å²) >= 11 is 3.01. The number of ether oxygens (including phenoxy) is 1. The number of carbonyl (C=O) groups is 2. The van der Waals surface area contributed by atoms with Crippen LogP contribution in [0.5, 0.6) is 0 Å². The molecule has 0 saturated carbocycles. The maximum atomic E-state index is 11.5. The number of nitro benzene ring substituents is 1. The standard InChI is InChI=1S/C10H8BrNO5/c1-2-17-10(14)9-6(5-13)3-7(12(15)16)4-8(9)11/h3-5H,2H2,1H3. The van der Waals surface area contributed by atoms with Crippen molar-refractivity contribution in [1.29, 1.82) is 0 Å². The largest absolute Gasteiger partial charge is 0.462 e. The fraction of sp³-hybridized carbons (Fsp3) is 0.200. The molecule has 0 unspecified atom stereocenters. The smallest absolute Gasteiger partial charge is 0.340 e. The van der Waals surface area contributed by atoms with Crippen LogP contribution in [-0.4, -0.2) is 23.8 Å². The molecule has 0 heterocycles. The Bertz CT molecular complexity index is 486. The Balaban J connectivity index is 3.35. The van der Waals surface area contributed by atoms with Gasteiger partial charge in [0.1, 0.15) is 0 Å². The van der Waals surface area contributed by atoms with Crippen LogP contribution in [0.2, 0.25) is 0 Å². The van der Waals surface area contributed by atoms with Crippen LogP contribution < -0.4 is 0 Å². The third kappa shape index (κ3) is 2.88. The average Bonchev–Trinajstić information content (AvgIpc) is 2.27. The molecule has 6 nitrogen and oxygen atoms in total. The summed E-state index contributed by atoms with van der Waals surface area (Å²) in [5, 5.41) is 10.6. The maximum absolute atomic E-state index is 11.5. The molecular weight excluding hydrogens is 294 g/mol. The first kappa shape index (κ1) is 13.3. The van der Waals surface area contributed by atoms with Gasteiger partial charge in [0, 0.05) is 22.2 Å². The zero-order valence-electron chi connectivity index (χ0n) is 8.81. The highest BCUT2D eigenvalue weighted by molar-refractivity contribution is 9.10. The van der Waals surface area contributed by atoms with Gasteiger partial charge in [-0.3, -0.25) is 14.9 Å². The Morgan fingerprint density at radius 3 is 2.71 bits per heavy atom. The summed E-state index contributed by atoms with van der Waals surface area (Å²) in [6.45, 7) is 1.78. The number of nitro groups is 1. The minimum absolute atomic E-state index is 0.00699. The summed E-state index contributed by atoms with van der Waals surface area (Å²) in [7, 11) is 0. The van der Waals surface area contributed by atoms with Crippen molar-refractivity contribution in [3.63, 3.8) is 0 Å². The van der Waals surface area contributed by atoms with Crippen LogP contribution in [0.4, 0.5) is 5.69 Å². The minimum Gasteiger partial charge on any atom is -0.462 e. The fourth-order valence-corrected chi connectivity index (χ4v) is 1.86. The molecule has 0 aromatic heterocycles. The van der Waals surface area contributed by atoms with Crippen molar-refractivity contribution in [3.8, 4) is 0 Å². The van der Waals surface area contributed by atoms with Crippen molar-refractivity contribution in [3.05, 3.63) is 37.8 Å². The Hall–Kier alpha value is -1.76. The quantitative estimate of drug-likeness (QED) is 0.369. The molecule has 0 aliphatic carbocycles. The lowest BCUT2D eigenvalue weighted by Crippen LogP contribution is -2.09. The van der Waals surface area contributed by atoms with Crippen molar-refractivity contribution >= 4 is 33.9 Å². The van der Waals surface area contributed by atoms with Crippen molar-refractivity contribution in [2.45, 2.75) is 6.92 Å². The monoisotopic (exact) mass is 301 g/mol. The van der Waals surface area contributed by atoms with Crippen LogP contribution in [0.3, 0.4) is 0 Å². The van der Waals surface area contributed by atoms with E-state index in [1.165, 1.54) is 0 Å². The third-order valence-corrected chi connectivity index (χ3v) is 2.55. The molecule has 7 heteroatoms. The lowest BCUT2D eigenvalue weighted by Gasteiger charge is -2.06. The molecule has 1 aromatic carbocycles. The van der Waals surface area contributed by atoms with Gasteiger partial charge in [0.15, 0.2) is 6.29 Å². The minimum atomic E-state index is -0.698. The highest BCUT2D eigenvalue weighted by atomic mass is 79.9. The molecule has 0 aliphatic heterocycles.